The first-order valence-corrected chi connectivity index (χ1v) is 7.12. The van der Waals surface area contributed by atoms with Crippen molar-refractivity contribution >= 4 is 23.2 Å². The lowest BCUT2D eigenvalue weighted by molar-refractivity contribution is -0.140. The molecule has 0 aliphatic rings. The Bertz CT molecular complexity index is 434. The van der Waals surface area contributed by atoms with Gasteiger partial charge in [-0.2, -0.15) is 0 Å². The van der Waals surface area contributed by atoms with Crippen LogP contribution in [0.2, 0.25) is 0 Å². The molecular weight excluding hydrogens is 278 g/mol. The van der Waals surface area contributed by atoms with E-state index in [2.05, 4.69) is 0 Å². The Morgan fingerprint density at radius 1 is 1.45 bits per heavy atom. The van der Waals surface area contributed by atoms with Crippen molar-refractivity contribution in [3.63, 3.8) is 0 Å². The van der Waals surface area contributed by atoms with E-state index in [-0.39, 0.29) is 18.4 Å². The summed E-state index contributed by atoms with van der Waals surface area (Å²) >= 11 is 1.43. The molecule has 0 saturated heterocycles. The molecule has 2 amide bonds. The molecule has 1 heterocycles. The Morgan fingerprint density at radius 2 is 2.15 bits per heavy atom. The smallest absolute Gasteiger partial charge is 0.245 e. The highest BCUT2D eigenvalue weighted by Crippen LogP contribution is 2.18. The molecular formula is C13H21N3O3S. The van der Waals surface area contributed by atoms with Gasteiger partial charge in [0.25, 0.3) is 0 Å². The third-order valence-electron chi connectivity index (χ3n) is 2.82. The minimum Gasteiger partial charge on any atom is -0.383 e. The van der Waals surface area contributed by atoms with Crippen molar-refractivity contribution in [2.75, 3.05) is 40.9 Å². The van der Waals surface area contributed by atoms with Gasteiger partial charge in [0.05, 0.1) is 13.2 Å². The topological polar surface area (TPSA) is 75.9 Å². The number of amides is 2. The van der Waals surface area contributed by atoms with E-state index < -0.39 is 6.04 Å². The van der Waals surface area contributed by atoms with Gasteiger partial charge in [-0.05, 0) is 11.4 Å². The summed E-state index contributed by atoms with van der Waals surface area (Å²) in [5, 5.41) is 1.87. The van der Waals surface area contributed by atoms with Crippen LogP contribution in [0.5, 0.6) is 0 Å². The monoisotopic (exact) mass is 299 g/mol. The number of rotatable bonds is 7. The van der Waals surface area contributed by atoms with Crippen molar-refractivity contribution in [3.8, 4) is 0 Å². The number of thiophene rings is 1. The van der Waals surface area contributed by atoms with Crippen LogP contribution in [-0.4, -0.2) is 62.5 Å². The summed E-state index contributed by atoms with van der Waals surface area (Å²) in [7, 11) is 4.86. The molecule has 7 heteroatoms. The Balaban J connectivity index is 2.75. The van der Waals surface area contributed by atoms with Crippen LogP contribution in [0.25, 0.3) is 0 Å². The summed E-state index contributed by atoms with van der Waals surface area (Å²) in [4.78, 5) is 27.8. The molecule has 0 aliphatic heterocycles. The second-order valence-corrected chi connectivity index (χ2v) is 5.51. The van der Waals surface area contributed by atoms with Crippen LogP contribution in [0.3, 0.4) is 0 Å². The number of ether oxygens (including phenoxy) is 1. The number of hydrogen-bond donors (Lipinski definition) is 1. The SMILES string of the molecule is COCCN(CC(=O)N(C)C)C(=O)C(N)c1cccs1. The van der Waals surface area contributed by atoms with Crippen LogP contribution in [0.15, 0.2) is 17.5 Å². The molecule has 0 aromatic carbocycles. The molecule has 112 valence electrons. The van der Waals surface area contributed by atoms with Crippen molar-refractivity contribution in [3.05, 3.63) is 22.4 Å². The number of methoxy groups -OCH3 is 1. The molecule has 0 saturated carbocycles. The first kappa shape index (κ1) is 16.6. The van der Waals surface area contributed by atoms with Gasteiger partial charge >= 0.3 is 0 Å². The van der Waals surface area contributed by atoms with Crippen molar-refractivity contribution in [2.45, 2.75) is 6.04 Å². The molecule has 0 bridgehead atoms. The van der Waals surface area contributed by atoms with Gasteiger partial charge in [0.1, 0.15) is 6.04 Å². The molecule has 0 radical (unpaired) electrons. The van der Waals surface area contributed by atoms with Gasteiger partial charge in [-0.15, -0.1) is 11.3 Å². The van der Waals surface area contributed by atoms with Crippen LogP contribution in [0.1, 0.15) is 10.9 Å². The number of nitrogens with two attached hydrogens (primary N) is 1. The van der Waals surface area contributed by atoms with E-state index in [9.17, 15) is 9.59 Å². The Hall–Kier alpha value is -1.44. The first-order chi connectivity index (χ1) is 9.47. The lowest BCUT2D eigenvalue weighted by Gasteiger charge is -2.25. The predicted molar refractivity (Wildman–Crippen MR) is 78.4 cm³/mol. The van der Waals surface area contributed by atoms with Crippen molar-refractivity contribution < 1.29 is 14.3 Å². The Kier molecular flexibility index (Phi) is 6.63. The number of hydrogen-bond acceptors (Lipinski definition) is 5. The second-order valence-electron chi connectivity index (χ2n) is 4.53. The fraction of sp³-hybridized carbons (Fsp3) is 0.538. The number of likely N-dealkylation sites (N-methyl/N-ethyl adjacent to an activating group) is 1. The standard InChI is InChI=1S/C13H21N3O3S/c1-15(2)11(17)9-16(6-7-19-3)13(18)12(14)10-5-4-8-20-10/h4-5,8,12H,6-7,9,14H2,1-3H3. The van der Waals surface area contributed by atoms with Crippen molar-refractivity contribution in [2.24, 2.45) is 5.73 Å². The van der Waals surface area contributed by atoms with Crippen molar-refractivity contribution in [1.29, 1.82) is 0 Å². The van der Waals surface area contributed by atoms with Gasteiger partial charge < -0.3 is 20.3 Å². The Labute approximate surface area is 123 Å². The molecule has 20 heavy (non-hydrogen) atoms. The average Bonchev–Trinajstić information content (AvgIpc) is 2.95. The molecule has 6 nitrogen and oxygen atoms in total. The third kappa shape index (κ3) is 4.59. The maximum absolute atomic E-state index is 12.4. The molecule has 1 aromatic rings. The summed E-state index contributed by atoms with van der Waals surface area (Å²) in [5.41, 5.74) is 5.96. The maximum Gasteiger partial charge on any atom is 0.245 e. The van der Waals surface area contributed by atoms with E-state index in [1.807, 2.05) is 17.5 Å². The van der Waals surface area contributed by atoms with Crippen LogP contribution in [0, 0.1) is 0 Å². The molecule has 1 aromatic heterocycles. The zero-order chi connectivity index (χ0) is 15.1. The maximum atomic E-state index is 12.4. The van der Waals surface area contributed by atoms with Gasteiger partial charge in [-0.25, -0.2) is 0 Å². The van der Waals surface area contributed by atoms with Crippen molar-refractivity contribution in [1.82, 2.24) is 9.80 Å². The van der Waals surface area contributed by atoms with E-state index >= 15 is 0 Å². The normalized spacial score (nSPS) is 12.0. The highest BCUT2D eigenvalue weighted by molar-refractivity contribution is 7.10. The van der Waals surface area contributed by atoms with Crippen LogP contribution >= 0.6 is 11.3 Å². The van der Waals surface area contributed by atoms with Crippen LogP contribution in [0.4, 0.5) is 0 Å². The van der Waals surface area contributed by atoms with E-state index in [0.29, 0.717) is 13.2 Å². The summed E-state index contributed by atoms with van der Waals surface area (Å²) in [6.45, 7) is 0.714. The fourth-order valence-electron chi connectivity index (χ4n) is 1.56. The summed E-state index contributed by atoms with van der Waals surface area (Å²) < 4.78 is 4.98. The zero-order valence-corrected chi connectivity index (χ0v) is 12.9. The molecule has 0 fully saturated rings. The predicted octanol–water partition coefficient (Wildman–Crippen LogP) is 0.311. The lowest BCUT2D eigenvalue weighted by Crippen LogP contribution is -2.45. The summed E-state index contributed by atoms with van der Waals surface area (Å²) in [6.07, 6.45) is 0. The van der Waals surface area contributed by atoms with E-state index in [1.54, 1.807) is 21.2 Å². The first-order valence-electron chi connectivity index (χ1n) is 6.24. The fourth-order valence-corrected chi connectivity index (χ4v) is 2.28. The van der Waals surface area contributed by atoms with E-state index in [1.165, 1.54) is 21.1 Å². The minimum absolute atomic E-state index is 0.00820. The number of carbonyl (C=O) groups excluding carboxylic acids is 2. The molecule has 1 unspecified atom stereocenters. The summed E-state index contributed by atoms with van der Waals surface area (Å²) in [5.74, 6) is -0.410. The minimum atomic E-state index is -0.734. The third-order valence-corrected chi connectivity index (χ3v) is 3.77. The highest BCUT2D eigenvalue weighted by atomic mass is 32.1. The van der Waals surface area contributed by atoms with Gasteiger partial charge in [0, 0.05) is 32.6 Å². The van der Waals surface area contributed by atoms with Gasteiger partial charge in [-0.3, -0.25) is 9.59 Å². The largest absolute Gasteiger partial charge is 0.383 e. The van der Waals surface area contributed by atoms with Gasteiger partial charge in [-0.1, -0.05) is 6.07 Å². The Morgan fingerprint density at radius 3 is 2.65 bits per heavy atom. The van der Waals surface area contributed by atoms with E-state index in [0.717, 1.165) is 4.88 Å². The average molecular weight is 299 g/mol. The molecule has 1 atom stereocenters. The van der Waals surface area contributed by atoms with Gasteiger partial charge in [0.15, 0.2) is 0 Å². The zero-order valence-electron chi connectivity index (χ0n) is 12.0. The second kappa shape index (κ2) is 7.98. The highest BCUT2D eigenvalue weighted by Gasteiger charge is 2.25. The quantitative estimate of drug-likeness (QED) is 0.786. The molecule has 0 aliphatic carbocycles. The van der Waals surface area contributed by atoms with E-state index in [4.69, 9.17) is 10.5 Å². The van der Waals surface area contributed by atoms with Gasteiger partial charge in [0.2, 0.25) is 11.8 Å². The molecule has 1 rings (SSSR count). The molecule has 0 spiro atoms. The lowest BCUT2D eigenvalue weighted by atomic mass is 10.2. The number of carbonyl (C=O) groups is 2. The number of nitrogens with zero attached hydrogens (tertiary/aromatic N) is 2. The molecule has 2 N–H and O–H groups in total. The summed E-state index contributed by atoms with van der Waals surface area (Å²) in [6, 6.07) is 2.93. The van der Waals surface area contributed by atoms with Crippen LogP contribution < -0.4 is 5.73 Å². The van der Waals surface area contributed by atoms with Crippen LogP contribution in [-0.2, 0) is 14.3 Å².